The summed E-state index contributed by atoms with van der Waals surface area (Å²) in [6.07, 6.45) is 2.51. The Hall–Kier alpha value is -1.34. The van der Waals surface area contributed by atoms with E-state index >= 15 is 0 Å². The van der Waals surface area contributed by atoms with E-state index in [0.29, 0.717) is 19.1 Å². The Morgan fingerprint density at radius 1 is 1.32 bits per heavy atom. The lowest BCUT2D eigenvalue weighted by molar-refractivity contribution is -0.133. The lowest BCUT2D eigenvalue weighted by Gasteiger charge is -2.29. The van der Waals surface area contributed by atoms with Crippen molar-refractivity contribution in [3.8, 4) is 0 Å². The largest absolute Gasteiger partial charge is 0.378 e. The molecule has 1 amide bonds. The van der Waals surface area contributed by atoms with E-state index in [1.165, 1.54) is 0 Å². The number of amides is 1. The van der Waals surface area contributed by atoms with Gasteiger partial charge in [0.25, 0.3) is 0 Å². The fourth-order valence-corrected chi connectivity index (χ4v) is 4.25. The quantitative estimate of drug-likeness (QED) is 0.809. The summed E-state index contributed by atoms with van der Waals surface area (Å²) in [5.41, 5.74) is 2.16. The molecule has 28 heavy (non-hydrogen) atoms. The molecule has 1 aromatic heterocycles. The van der Waals surface area contributed by atoms with Crippen LogP contribution in [0, 0.1) is 0 Å². The van der Waals surface area contributed by atoms with Gasteiger partial charge in [-0.3, -0.25) is 4.79 Å². The first-order valence-electron chi connectivity index (χ1n) is 9.72. The molecule has 2 unspecified atom stereocenters. The zero-order valence-electron chi connectivity index (χ0n) is 16.5. The lowest BCUT2D eigenvalue weighted by atomic mass is 10.1. The molecule has 0 saturated carbocycles. The average Bonchev–Trinajstić information content (AvgIpc) is 3.26. The van der Waals surface area contributed by atoms with E-state index in [4.69, 9.17) is 9.72 Å². The Morgan fingerprint density at radius 2 is 2.11 bits per heavy atom. The van der Waals surface area contributed by atoms with Crippen molar-refractivity contribution in [1.82, 2.24) is 19.8 Å². The molecule has 2 aliphatic heterocycles. The van der Waals surface area contributed by atoms with Gasteiger partial charge in [-0.05, 0) is 38.8 Å². The van der Waals surface area contributed by atoms with Gasteiger partial charge in [0.2, 0.25) is 5.91 Å². The maximum atomic E-state index is 13.0. The Balaban J connectivity index is 0.00000140. The van der Waals surface area contributed by atoms with Gasteiger partial charge in [-0.15, -0.1) is 24.8 Å². The van der Waals surface area contributed by atoms with Crippen LogP contribution >= 0.6 is 24.8 Å². The summed E-state index contributed by atoms with van der Waals surface area (Å²) in [5, 5.41) is 3.39. The molecule has 0 radical (unpaired) electrons. The molecular weight excluding hydrogens is 399 g/mol. The molecule has 6 nitrogen and oxygen atoms in total. The number of ether oxygens (including phenoxy) is 1. The van der Waals surface area contributed by atoms with Crippen molar-refractivity contribution in [3.05, 3.63) is 30.1 Å². The van der Waals surface area contributed by atoms with E-state index in [1.807, 2.05) is 11.0 Å². The summed E-state index contributed by atoms with van der Waals surface area (Å²) >= 11 is 0. The molecule has 1 aromatic carbocycles. The second-order valence-electron chi connectivity index (χ2n) is 7.60. The molecule has 2 aromatic rings. The molecule has 2 atom stereocenters. The van der Waals surface area contributed by atoms with Gasteiger partial charge in [0, 0.05) is 31.6 Å². The number of carbonyl (C=O) groups excluding carboxylic acids is 1. The number of benzene rings is 1. The van der Waals surface area contributed by atoms with Crippen LogP contribution in [0.15, 0.2) is 24.3 Å². The monoisotopic (exact) mass is 428 g/mol. The molecule has 2 fully saturated rings. The third kappa shape index (κ3) is 4.46. The lowest BCUT2D eigenvalue weighted by Crippen LogP contribution is -2.45. The van der Waals surface area contributed by atoms with Crippen molar-refractivity contribution in [2.75, 3.05) is 26.3 Å². The van der Waals surface area contributed by atoms with E-state index in [-0.39, 0.29) is 42.8 Å². The predicted molar refractivity (Wildman–Crippen MR) is 116 cm³/mol. The van der Waals surface area contributed by atoms with E-state index in [1.54, 1.807) is 0 Å². The molecule has 2 aliphatic rings. The number of para-hydroxylation sites is 2. The Kier molecular flexibility index (Phi) is 8.13. The topological polar surface area (TPSA) is 59.4 Å². The van der Waals surface area contributed by atoms with Crippen LogP contribution in [-0.4, -0.2) is 52.7 Å². The minimum Gasteiger partial charge on any atom is -0.378 e. The summed E-state index contributed by atoms with van der Waals surface area (Å²) in [5.74, 6) is 1.23. The molecule has 0 bridgehead atoms. The number of halogens is 2. The number of carbonyl (C=O) groups is 1. The minimum atomic E-state index is 0. The van der Waals surface area contributed by atoms with Crippen LogP contribution in [0.3, 0.4) is 0 Å². The molecule has 0 spiro atoms. The third-order valence-corrected chi connectivity index (χ3v) is 5.43. The van der Waals surface area contributed by atoms with Gasteiger partial charge < -0.3 is 19.5 Å². The number of nitrogens with one attached hydrogen (secondary N) is 1. The Bertz CT molecular complexity index is 790. The second kappa shape index (κ2) is 9.92. The van der Waals surface area contributed by atoms with Crippen LogP contribution in [0.1, 0.15) is 51.0 Å². The molecule has 2 saturated heterocycles. The van der Waals surface area contributed by atoms with Crippen molar-refractivity contribution in [1.29, 1.82) is 0 Å². The van der Waals surface area contributed by atoms with Gasteiger partial charge in [-0.25, -0.2) is 4.98 Å². The van der Waals surface area contributed by atoms with E-state index in [9.17, 15) is 4.79 Å². The molecule has 1 N–H and O–H groups in total. The highest BCUT2D eigenvalue weighted by atomic mass is 35.5. The first kappa shape index (κ1) is 22.9. The second-order valence-corrected chi connectivity index (χ2v) is 7.60. The van der Waals surface area contributed by atoms with Crippen LogP contribution in [0.25, 0.3) is 11.0 Å². The van der Waals surface area contributed by atoms with Crippen LogP contribution in [-0.2, 0) is 9.53 Å². The van der Waals surface area contributed by atoms with Crippen LogP contribution in [0.5, 0.6) is 0 Å². The predicted octanol–water partition coefficient (Wildman–Crippen LogP) is 3.50. The number of morpholine rings is 1. The van der Waals surface area contributed by atoms with E-state index in [2.05, 4.69) is 41.9 Å². The SMILES string of the molecule is CC(C)n1c(C2CCCN2C(=O)CC2COCCN2)nc2ccccc21.Cl.Cl. The molecule has 4 rings (SSSR count). The van der Waals surface area contributed by atoms with Crippen molar-refractivity contribution in [2.24, 2.45) is 0 Å². The maximum absolute atomic E-state index is 13.0. The molecule has 156 valence electrons. The van der Waals surface area contributed by atoms with Crippen molar-refractivity contribution in [2.45, 2.75) is 51.2 Å². The molecular formula is C20H30Cl2N4O2. The highest BCUT2D eigenvalue weighted by Gasteiger charge is 2.35. The van der Waals surface area contributed by atoms with Crippen LogP contribution in [0.2, 0.25) is 0 Å². The molecule has 3 heterocycles. The molecule has 0 aliphatic carbocycles. The zero-order valence-corrected chi connectivity index (χ0v) is 18.1. The fourth-order valence-electron chi connectivity index (χ4n) is 4.25. The zero-order chi connectivity index (χ0) is 18.1. The standard InChI is InChI=1S/C20H28N4O2.2ClH/c1-14(2)24-17-7-4-3-6-16(17)22-20(24)18-8-5-10-23(18)19(25)12-15-13-26-11-9-21-15;;/h3-4,6-7,14-15,18,21H,5,8-13H2,1-2H3;2*1H. The molecule has 8 heteroatoms. The summed E-state index contributed by atoms with van der Waals surface area (Å²) in [6.45, 7) is 7.36. The number of hydrogen-bond acceptors (Lipinski definition) is 4. The smallest absolute Gasteiger partial charge is 0.224 e. The normalized spacial score (nSPS) is 22.2. The van der Waals surface area contributed by atoms with Gasteiger partial charge in [0.1, 0.15) is 5.82 Å². The van der Waals surface area contributed by atoms with Gasteiger partial charge in [-0.2, -0.15) is 0 Å². The van der Waals surface area contributed by atoms with Gasteiger partial charge in [-0.1, -0.05) is 12.1 Å². The fraction of sp³-hybridized carbons (Fsp3) is 0.600. The van der Waals surface area contributed by atoms with Crippen molar-refractivity contribution < 1.29 is 9.53 Å². The average molecular weight is 429 g/mol. The first-order chi connectivity index (χ1) is 12.6. The number of imidazole rings is 1. The summed E-state index contributed by atoms with van der Waals surface area (Å²) in [7, 11) is 0. The Morgan fingerprint density at radius 3 is 2.82 bits per heavy atom. The Labute approximate surface area is 178 Å². The van der Waals surface area contributed by atoms with E-state index < -0.39 is 0 Å². The van der Waals surface area contributed by atoms with Crippen molar-refractivity contribution >= 4 is 41.8 Å². The third-order valence-electron chi connectivity index (χ3n) is 5.43. The summed E-state index contributed by atoms with van der Waals surface area (Å²) in [4.78, 5) is 19.9. The van der Waals surface area contributed by atoms with E-state index in [0.717, 1.165) is 49.4 Å². The highest BCUT2D eigenvalue weighted by molar-refractivity contribution is 5.85. The number of rotatable bonds is 4. The number of fused-ring (bicyclic) bond motifs is 1. The summed E-state index contributed by atoms with van der Waals surface area (Å²) in [6, 6.07) is 8.76. The first-order valence-corrected chi connectivity index (χ1v) is 9.72. The van der Waals surface area contributed by atoms with Gasteiger partial charge in [0.15, 0.2) is 0 Å². The summed E-state index contributed by atoms with van der Waals surface area (Å²) < 4.78 is 7.80. The van der Waals surface area contributed by atoms with Crippen molar-refractivity contribution in [3.63, 3.8) is 0 Å². The maximum Gasteiger partial charge on any atom is 0.224 e. The highest BCUT2D eigenvalue weighted by Crippen LogP contribution is 2.35. The van der Waals surface area contributed by atoms with Gasteiger partial charge >= 0.3 is 0 Å². The van der Waals surface area contributed by atoms with Crippen LogP contribution in [0.4, 0.5) is 0 Å². The number of aromatic nitrogens is 2. The van der Waals surface area contributed by atoms with Gasteiger partial charge in [0.05, 0.1) is 30.3 Å². The number of likely N-dealkylation sites (tertiary alicyclic amines) is 1. The number of hydrogen-bond donors (Lipinski definition) is 1. The number of nitrogens with zero attached hydrogens (tertiary/aromatic N) is 3. The minimum absolute atomic E-state index is 0. The van der Waals surface area contributed by atoms with Crippen LogP contribution < -0.4 is 5.32 Å².